The van der Waals surface area contributed by atoms with Gasteiger partial charge in [0.05, 0.1) is 39.0 Å². The Balaban J connectivity index is 1.45. The standard InChI is InChI=1S/C31H32BClN8/c1-3-27(20-8-5-4-6-9-20)37-29-21(16-34)17-36-30-24(29)14-22(15-26(30)33)38-31(32,25-10-7-13-35-19(25)2)28-18-41(40-39-28)23-11-12-23/h4-10,13-15,17-18,23,27,38-40H,3,11-12,32H2,1-2H3,(H,36,37)/t27-,31?/m1/s1. The van der Waals surface area contributed by atoms with Crippen molar-refractivity contribution in [3.05, 3.63) is 106 Å². The fourth-order valence-electron chi connectivity index (χ4n) is 5.57. The molecule has 10 heteroatoms. The zero-order valence-electron chi connectivity index (χ0n) is 23.4. The summed E-state index contributed by atoms with van der Waals surface area (Å²) in [5.74, 6) is 0. The summed E-state index contributed by atoms with van der Waals surface area (Å²) in [5, 5.41) is 20.9. The predicted molar refractivity (Wildman–Crippen MR) is 167 cm³/mol. The van der Waals surface area contributed by atoms with E-state index in [0.717, 1.165) is 45.7 Å². The number of hydrazine groups is 2. The number of pyridine rings is 2. The van der Waals surface area contributed by atoms with E-state index in [1.165, 1.54) is 12.8 Å². The number of halogens is 1. The molecule has 4 aromatic rings. The fraction of sp³-hybridized carbons (Fsp3) is 0.258. The molecule has 2 aromatic heterocycles. The van der Waals surface area contributed by atoms with Gasteiger partial charge in [-0.25, -0.2) is 0 Å². The number of nitriles is 1. The van der Waals surface area contributed by atoms with Crippen LogP contribution in [0.2, 0.25) is 5.02 Å². The van der Waals surface area contributed by atoms with Gasteiger partial charge in [0, 0.05) is 41.4 Å². The van der Waals surface area contributed by atoms with Gasteiger partial charge in [-0.05, 0) is 55.5 Å². The van der Waals surface area contributed by atoms with Crippen molar-refractivity contribution in [3.63, 3.8) is 0 Å². The van der Waals surface area contributed by atoms with Gasteiger partial charge in [-0.2, -0.15) is 5.26 Å². The van der Waals surface area contributed by atoms with Crippen LogP contribution in [0.5, 0.6) is 0 Å². The molecule has 1 aliphatic carbocycles. The summed E-state index contributed by atoms with van der Waals surface area (Å²) in [6.45, 7) is 4.15. The van der Waals surface area contributed by atoms with E-state index >= 15 is 0 Å². The van der Waals surface area contributed by atoms with Gasteiger partial charge in [0.15, 0.2) is 0 Å². The van der Waals surface area contributed by atoms with Crippen LogP contribution in [0.4, 0.5) is 11.4 Å². The third-order valence-electron chi connectivity index (χ3n) is 7.98. The zero-order valence-corrected chi connectivity index (χ0v) is 24.1. The second-order valence-corrected chi connectivity index (χ2v) is 11.2. The number of hydrogen-bond donors (Lipinski definition) is 4. The summed E-state index contributed by atoms with van der Waals surface area (Å²) in [5.41, 5.74) is 12.7. The van der Waals surface area contributed by atoms with Crippen LogP contribution in [0.1, 0.15) is 54.6 Å². The largest absolute Gasteiger partial charge is 0.378 e. The second kappa shape index (κ2) is 11.0. The highest BCUT2D eigenvalue weighted by Gasteiger charge is 2.39. The van der Waals surface area contributed by atoms with Crippen LogP contribution in [-0.4, -0.2) is 28.9 Å². The molecule has 41 heavy (non-hydrogen) atoms. The molecular formula is C31H32BClN8. The van der Waals surface area contributed by atoms with Crippen molar-refractivity contribution in [2.45, 2.75) is 50.6 Å². The van der Waals surface area contributed by atoms with Crippen molar-refractivity contribution in [2.75, 3.05) is 10.6 Å². The molecule has 6 rings (SSSR count). The molecule has 2 aromatic carbocycles. The summed E-state index contributed by atoms with van der Waals surface area (Å²) >= 11 is 6.88. The van der Waals surface area contributed by atoms with Crippen molar-refractivity contribution < 1.29 is 0 Å². The molecular weight excluding hydrogens is 531 g/mol. The molecule has 0 amide bonds. The zero-order chi connectivity index (χ0) is 28.6. The molecule has 8 nitrogen and oxygen atoms in total. The first-order chi connectivity index (χ1) is 19.9. The van der Waals surface area contributed by atoms with Crippen LogP contribution in [0.15, 0.2) is 78.9 Å². The molecule has 2 atom stereocenters. The maximum absolute atomic E-state index is 10.0. The molecule has 1 unspecified atom stereocenters. The molecule has 4 N–H and O–H groups in total. The Bertz CT molecular complexity index is 1670. The topological polar surface area (TPSA) is 101 Å². The van der Waals surface area contributed by atoms with Gasteiger partial charge in [0.1, 0.15) is 13.9 Å². The highest BCUT2D eigenvalue weighted by Crippen LogP contribution is 2.39. The van der Waals surface area contributed by atoms with Crippen molar-refractivity contribution in [1.29, 1.82) is 5.26 Å². The lowest BCUT2D eigenvalue weighted by atomic mass is 9.69. The first kappa shape index (κ1) is 26.9. The molecule has 1 aliphatic heterocycles. The van der Waals surface area contributed by atoms with Crippen molar-refractivity contribution in [2.24, 2.45) is 0 Å². The van der Waals surface area contributed by atoms with Gasteiger partial charge in [0.25, 0.3) is 0 Å². The predicted octanol–water partition coefficient (Wildman–Crippen LogP) is 5.25. The number of fused-ring (bicyclic) bond motifs is 1. The van der Waals surface area contributed by atoms with Gasteiger partial charge >= 0.3 is 0 Å². The molecule has 3 heterocycles. The van der Waals surface area contributed by atoms with Crippen LogP contribution < -0.4 is 21.6 Å². The maximum atomic E-state index is 10.0. The van der Waals surface area contributed by atoms with E-state index in [1.807, 2.05) is 43.3 Å². The number of anilines is 2. The molecule has 1 saturated carbocycles. The van der Waals surface area contributed by atoms with E-state index < -0.39 is 5.44 Å². The Labute approximate surface area is 246 Å². The Hall–Kier alpha value is -4.26. The Morgan fingerprint density at radius 2 is 2.00 bits per heavy atom. The SMILES string of the molecule is BC(Nc1cc(Cl)c2ncc(C#N)c(N[C@H](CC)c3ccccc3)c2c1)(C1=CN(C2CC2)NN1)c1cccnc1C. The number of aryl methyl sites for hydroxylation is 1. The first-order valence-electron chi connectivity index (χ1n) is 14.0. The number of rotatable bonds is 9. The summed E-state index contributed by atoms with van der Waals surface area (Å²) < 4.78 is 0. The first-order valence-corrected chi connectivity index (χ1v) is 14.4. The molecule has 1 fully saturated rings. The second-order valence-electron chi connectivity index (χ2n) is 10.8. The lowest BCUT2D eigenvalue weighted by Gasteiger charge is -2.34. The van der Waals surface area contributed by atoms with E-state index in [4.69, 9.17) is 11.6 Å². The average Bonchev–Trinajstić information content (AvgIpc) is 3.71. The van der Waals surface area contributed by atoms with E-state index in [2.05, 4.69) is 81.8 Å². The van der Waals surface area contributed by atoms with Crippen LogP contribution in [0.25, 0.3) is 10.9 Å². The van der Waals surface area contributed by atoms with Gasteiger partial charge < -0.3 is 16.1 Å². The van der Waals surface area contributed by atoms with Crippen molar-refractivity contribution >= 4 is 41.7 Å². The molecule has 0 saturated heterocycles. The molecule has 2 aliphatic rings. The van der Waals surface area contributed by atoms with Crippen LogP contribution >= 0.6 is 11.6 Å². The number of aromatic nitrogens is 2. The van der Waals surface area contributed by atoms with Crippen LogP contribution in [0.3, 0.4) is 0 Å². The number of nitrogens with one attached hydrogen (secondary N) is 4. The minimum absolute atomic E-state index is 0.0138. The highest BCUT2D eigenvalue weighted by molar-refractivity contribution is 6.36. The smallest absolute Gasteiger partial charge is 0.148 e. The van der Waals surface area contributed by atoms with Crippen LogP contribution in [0, 0.1) is 18.3 Å². The van der Waals surface area contributed by atoms with Gasteiger partial charge in [-0.1, -0.05) is 54.9 Å². The van der Waals surface area contributed by atoms with E-state index in [1.54, 1.807) is 12.4 Å². The number of hydrogen-bond acceptors (Lipinski definition) is 8. The monoisotopic (exact) mass is 562 g/mol. The van der Waals surface area contributed by atoms with Crippen LogP contribution in [-0.2, 0) is 5.44 Å². The molecule has 206 valence electrons. The fourth-order valence-corrected chi connectivity index (χ4v) is 5.83. The summed E-state index contributed by atoms with van der Waals surface area (Å²) in [6.07, 6.45) is 8.71. The maximum Gasteiger partial charge on any atom is 0.148 e. The average molecular weight is 563 g/mol. The van der Waals surface area contributed by atoms with E-state index in [9.17, 15) is 5.26 Å². The Kier molecular flexibility index (Phi) is 7.20. The van der Waals surface area contributed by atoms with E-state index in [0.29, 0.717) is 22.1 Å². The van der Waals surface area contributed by atoms with Gasteiger partial charge in [-0.3, -0.25) is 15.0 Å². The number of benzene rings is 2. The number of nitrogens with zero attached hydrogens (tertiary/aromatic N) is 4. The van der Waals surface area contributed by atoms with Crippen molar-refractivity contribution in [1.82, 2.24) is 25.9 Å². The Morgan fingerprint density at radius 3 is 2.71 bits per heavy atom. The molecule has 0 radical (unpaired) electrons. The van der Waals surface area contributed by atoms with Gasteiger partial charge in [-0.15, -0.1) is 5.53 Å². The highest BCUT2D eigenvalue weighted by atomic mass is 35.5. The minimum Gasteiger partial charge on any atom is -0.378 e. The molecule has 0 bridgehead atoms. The summed E-state index contributed by atoms with van der Waals surface area (Å²) in [6, 6.07) is 21.1. The lowest BCUT2D eigenvalue weighted by Crippen LogP contribution is -2.46. The quantitative estimate of drug-likeness (QED) is 0.205. The third-order valence-corrected chi connectivity index (χ3v) is 8.27. The third kappa shape index (κ3) is 5.17. The summed E-state index contributed by atoms with van der Waals surface area (Å²) in [7, 11) is 2.14. The normalized spacial score (nSPS) is 16.8. The van der Waals surface area contributed by atoms with Crippen molar-refractivity contribution in [3.8, 4) is 6.07 Å². The van der Waals surface area contributed by atoms with Gasteiger partial charge in [0.2, 0.25) is 0 Å². The summed E-state index contributed by atoms with van der Waals surface area (Å²) in [4.78, 5) is 9.16. The minimum atomic E-state index is -0.671. The molecule has 0 spiro atoms. The lowest BCUT2D eigenvalue weighted by molar-refractivity contribution is 0.260. The Morgan fingerprint density at radius 1 is 1.20 bits per heavy atom. The van der Waals surface area contributed by atoms with E-state index in [-0.39, 0.29) is 6.04 Å².